The van der Waals surface area contributed by atoms with Gasteiger partial charge in [0.05, 0.1) is 0 Å². The van der Waals surface area contributed by atoms with Crippen LogP contribution >= 0.6 is 0 Å². The van der Waals surface area contributed by atoms with Crippen molar-refractivity contribution >= 4 is 0 Å². The van der Waals surface area contributed by atoms with E-state index in [-0.39, 0.29) is 5.92 Å². The van der Waals surface area contributed by atoms with Gasteiger partial charge in [0.25, 0.3) is 0 Å². The van der Waals surface area contributed by atoms with Gasteiger partial charge in [-0.05, 0) is 35.2 Å². The number of ether oxygens (including phenoxy) is 1. The van der Waals surface area contributed by atoms with Crippen LogP contribution in [-0.2, 0) is 10.3 Å². The molecule has 1 N–H and O–H groups in total. The van der Waals surface area contributed by atoms with Crippen LogP contribution in [0.2, 0.25) is 0 Å². The van der Waals surface area contributed by atoms with Gasteiger partial charge < -0.3 is 9.84 Å². The summed E-state index contributed by atoms with van der Waals surface area (Å²) in [5.74, 6) is 0.329. The standard InChI is InChI=1S/C22H20O2/c1-22(24-2)18-12-6-3-9-15(18)21(16-10-4-7-13-19(16)22)17-11-5-8-14-20(17)23/h3-14,21,23H,1-2H3. The fraction of sp³-hybridized carbons (Fsp3) is 0.182. The van der Waals surface area contributed by atoms with Gasteiger partial charge in [0.2, 0.25) is 0 Å². The van der Waals surface area contributed by atoms with Crippen molar-refractivity contribution in [2.45, 2.75) is 18.4 Å². The second kappa shape index (κ2) is 5.50. The highest BCUT2D eigenvalue weighted by atomic mass is 16.5. The number of hydrogen-bond acceptors (Lipinski definition) is 2. The van der Waals surface area contributed by atoms with Crippen LogP contribution in [-0.4, -0.2) is 12.2 Å². The van der Waals surface area contributed by atoms with Crippen LogP contribution in [0, 0.1) is 0 Å². The molecule has 0 spiro atoms. The van der Waals surface area contributed by atoms with Crippen molar-refractivity contribution in [3.05, 3.63) is 101 Å². The molecule has 120 valence electrons. The molecule has 3 aromatic rings. The highest BCUT2D eigenvalue weighted by molar-refractivity contribution is 5.60. The Balaban J connectivity index is 2.07. The summed E-state index contributed by atoms with van der Waals surface area (Å²) >= 11 is 0. The van der Waals surface area contributed by atoms with Gasteiger partial charge >= 0.3 is 0 Å². The maximum absolute atomic E-state index is 10.5. The maximum atomic E-state index is 10.5. The summed E-state index contributed by atoms with van der Waals surface area (Å²) in [7, 11) is 1.76. The Morgan fingerprint density at radius 2 is 1.21 bits per heavy atom. The molecule has 0 bridgehead atoms. The molecule has 1 aliphatic rings. The third kappa shape index (κ3) is 2.00. The number of hydrogen-bond donors (Lipinski definition) is 1. The van der Waals surface area contributed by atoms with Gasteiger partial charge in [-0.1, -0.05) is 66.7 Å². The monoisotopic (exact) mass is 316 g/mol. The van der Waals surface area contributed by atoms with E-state index in [0.29, 0.717) is 5.75 Å². The van der Waals surface area contributed by atoms with E-state index < -0.39 is 5.60 Å². The third-order valence-electron chi connectivity index (χ3n) is 5.23. The molecule has 0 fully saturated rings. The summed E-state index contributed by atoms with van der Waals surface area (Å²) in [4.78, 5) is 0. The molecule has 3 aromatic carbocycles. The summed E-state index contributed by atoms with van der Waals surface area (Å²) < 4.78 is 5.98. The molecule has 0 saturated carbocycles. The number of para-hydroxylation sites is 1. The van der Waals surface area contributed by atoms with Crippen LogP contribution in [0.1, 0.15) is 40.7 Å². The number of aromatic hydroxyl groups is 1. The lowest BCUT2D eigenvalue weighted by molar-refractivity contribution is 0.0352. The fourth-order valence-electron chi connectivity index (χ4n) is 3.97. The van der Waals surface area contributed by atoms with Crippen molar-refractivity contribution in [1.29, 1.82) is 0 Å². The van der Waals surface area contributed by atoms with E-state index in [2.05, 4.69) is 43.3 Å². The minimum absolute atomic E-state index is 0.00169. The first-order chi connectivity index (χ1) is 11.7. The van der Waals surface area contributed by atoms with Crippen molar-refractivity contribution < 1.29 is 9.84 Å². The lowest BCUT2D eigenvalue weighted by Crippen LogP contribution is -2.34. The Hall–Kier alpha value is -2.58. The number of benzene rings is 3. The van der Waals surface area contributed by atoms with Crippen LogP contribution in [0.25, 0.3) is 0 Å². The van der Waals surface area contributed by atoms with Gasteiger partial charge in [0.15, 0.2) is 0 Å². The first-order valence-electron chi connectivity index (χ1n) is 8.18. The molecule has 24 heavy (non-hydrogen) atoms. The lowest BCUT2D eigenvalue weighted by Gasteiger charge is -2.40. The predicted molar refractivity (Wildman–Crippen MR) is 95.4 cm³/mol. The molecule has 2 heteroatoms. The van der Waals surface area contributed by atoms with Gasteiger partial charge in [-0.3, -0.25) is 0 Å². The smallest absolute Gasteiger partial charge is 0.119 e. The Morgan fingerprint density at radius 3 is 1.71 bits per heavy atom. The Bertz CT molecular complexity index is 850. The number of phenols is 1. The molecule has 0 radical (unpaired) electrons. The molecular weight excluding hydrogens is 296 g/mol. The normalized spacial score (nSPS) is 21.8. The number of methoxy groups -OCH3 is 1. The molecule has 0 aliphatic heterocycles. The highest BCUT2D eigenvalue weighted by Crippen LogP contribution is 2.50. The summed E-state index contributed by atoms with van der Waals surface area (Å²) in [6.45, 7) is 2.12. The van der Waals surface area contributed by atoms with Gasteiger partial charge in [-0.15, -0.1) is 0 Å². The fourth-order valence-corrected chi connectivity index (χ4v) is 3.97. The average molecular weight is 316 g/mol. The van der Waals surface area contributed by atoms with E-state index in [1.165, 1.54) is 11.1 Å². The highest BCUT2D eigenvalue weighted by Gasteiger charge is 2.41. The molecule has 2 nitrogen and oxygen atoms in total. The van der Waals surface area contributed by atoms with Crippen molar-refractivity contribution in [2.75, 3.05) is 7.11 Å². The van der Waals surface area contributed by atoms with Crippen LogP contribution in [0.15, 0.2) is 72.8 Å². The van der Waals surface area contributed by atoms with Gasteiger partial charge in [0.1, 0.15) is 11.4 Å². The minimum Gasteiger partial charge on any atom is -0.508 e. The SMILES string of the molecule is COC1(C)c2ccccc2C(c2ccccc2O)c2ccccc21. The Morgan fingerprint density at radius 1 is 0.750 bits per heavy atom. The Labute approximate surface area is 142 Å². The zero-order chi connectivity index (χ0) is 16.7. The quantitative estimate of drug-likeness (QED) is 0.736. The molecule has 0 saturated heterocycles. The van der Waals surface area contributed by atoms with E-state index in [0.717, 1.165) is 16.7 Å². The van der Waals surface area contributed by atoms with E-state index in [4.69, 9.17) is 4.74 Å². The lowest BCUT2D eigenvalue weighted by atomic mass is 9.68. The molecule has 0 aromatic heterocycles. The number of fused-ring (bicyclic) bond motifs is 2. The van der Waals surface area contributed by atoms with Crippen molar-refractivity contribution in [3.8, 4) is 5.75 Å². The summed E-state index contributed by atoms with van der Waals surface area (Å²) in [6, 6.07) is 24.3. The first-order valence-corrected chi connectivity index (χ1v) is 8.18. The average Bonchev–Trinajstić information content (AvgIpc) is 2.63. The van der Waals surface area contributed by atoms with E-state index in [9.17, 15) is 5.11 Å². The molecule has 0 atom stereocenters. The van der Waals surface area contributed by atoms with Crippen LogP contribution < -0.4 is 0 Å². The van der Waals surface area contributed by atoms with Crippen molar-refractivity contribution in [3.63, 3.8) is 0 Å². The zero-order valence-corrected chi connectivity index (χ0v) is 13.9. The van der Waals surface area contributed by atoms with E-state index in [1.54, 1.807) is 13.2 Å². The Kier molecular flexibility index (Phi) is 3.43. The largest absolute Gasteiger partial charge is 0.508 e. The predicted octanol–water partition coefficient (Wildman–Crippen LogP) is 4.80. The van der Waals surface area contributed by atoms with Crippen molar-refractivity contribution in [2.24, 2.45) is 0 Å². The van der Waals surface area contributed by atoms with E-state index >= 15 is 0 Å². The zero-order valence-electron chi connectivity index (χ0n) is 13.9. The molecular formula is C22H20O2. The second-order valence-electron chi connectivity index (χ2n) is 6.40. The minimum atomic E-state index is -0.492. The molecule has 0 heterocycles. The van der Waals surface area contributed by atoms with Gasteiger partial charge in [0, 0.05) is 18.6 Å². The van der Waals surface area contributed by atoms with Crippen LogP contribution in [0.4, 0.5) is 0 Å². The summed E-state index contributed by atoms with van der Waals surface area (Å²) in [5.41, 5.74) is 5.10. The van der Waals surface area contributed by atoms with Crippen LogP contribution in [0.5, 0.6) is 5.75 Å². The third-order valence-corrected chi connectivity index (χ3v) is 5.23. The maximum Gasteiger partial charge on any atom is 0.119 e. The first kappa shape index (κ1) is 15.0. The molecule has 1 aliphatic carbocycles. The van der Waals surface area contributed by atoms with Gasteiger partial charge in [-0.2, -0.15) is 0 Å². The summed E-state index contributed by atoms with van der Waals surface area (Å²) in [5, 5.41) is 10.5. The second-order valence-corrected chi connectivity index (χ2v) is 6.40. The number of phenolic OH excluding ortho intramolecular Hbond substituents is 1. The van der Waals surface area contributed by atoms with E-state index in [1.807, 2.05) is 30.3 Å². The van der Waals surface area contributed by atoms with Crippen LogP contribution in [0.3, 0.4) is 0 Å². The topological polar surface area (TPSA) is 29.5 Å². The molecule has 0 unspecified atom stereocenters. The number of rotatable bonds is 2. The van der Waals surface area contributed by atoms with Gasteiger partial charge in [-0.25, -0.2) is 0 Å². The molecule has 4 rings (SSSR count). The summed E-state index contributed by atoms with van der Waals surface area (Å²) in [6.07, 6.45) is 0. The molecule has 0 amide bonds. The van der Waals surface area contributed by atoms with Crippen molar-refractivity contribution in [1.82, 2.24) is 0 Å².